The minimum Gasteiger partial charge on any atom is -0.396 e. The van der Waals surface area contributed by atoms with E-state index >= 15 is 0 Å². The van der Waals surface area contributed by atoms with Crippen molar-refractivity contribution in [3.8, 4) is 0 Å². The van der Waals surface area contributed by atoms with E-state index in [0.29, 0.717) is 24.3 Å². The van der Waals surface area contributed by atoms with Crippen LogP contribution in [0, 0.1) is 17.8 Å². The Labute approximate surface area is 63.4 Å². The zero-order chi connectivity index (χ0) is 8.15. The first-order valence-electron chi connectivity index (χ1n) is 3.94. The van der Waals surface area contributed by atoms with Crippen LogP contribution in [-0.2, 0) is 0 Å². The van der Waals surface area contributed by atoms with Crippen molar-refractivity contribution in [1.82, 2.24) is 0 Å². The summed E-state index contributed by atoms with van der Waals surface area (Å²) in [5.74, 6) is 1.33. The molecular weight excluding hydrogens is 126 g/mol. The summed E-state index contributed by atoms with van der Waals surface area (Å²) in [5, 5.41) is 8.94. The predicted molar refractivity (Wildman–Crippen MR) is 43.6 cm³/mol. The fraction of sp³-hybridized carbons (Fsp3) is 1.00. The highest BCUT2D eigenvalue weighted by atomic mass is 16.3. The highest BCUT2D eigenvalue weighted by Gasteiger charge is 2.17. The van der Waals surface area contributed by atoms with E-state index in [0.717, 1.165) is 0 Å². The minimum absolute atomic E-state index is 0.260. The van der Waals surface area contributed by atoms with Gasteiger partial charge in [0.15, 0.2) is 0 Å². The second-order valence-corrected chi connectivity index (χ2v) is 3.30. The molecule has 0 radical (unpaired) electrons. The average Bonchev–Trinajstić information content (AvgIpc) is 1.88. The molecule has 0 aliphatic rings. The molecule has 62 valence electrons. The SMILES string of the molecule is CC(C)C(CO)C(C)CN. The summed E-state index contributed by atoms with van der Waals surface area (Å²) >= 11 is 0. The molecule has 0 saturated heterocycles. The zero-order valence-corrected chi connectivity index (χ0v) is 7.17. The van der Waals surface area contributed by atoms with Gasteiger partial charge in [-0.25, -0.2) is 0 Å². The zero-order valence-electron chi connectivity index (χ0n) is 7.17. The van der Waals surface area contributed by atoms with Gasteiger partial charge in [0.2, 0.25) is 0 Å². The van der Waals surface area contributed by atoms with Crippen LogP contribution in [0.5, 0.6) is 0 Å². The van der Waals surface area contributed by atoms with Crippen molar-refractivity contribution < 1.29 is 5.11 Å². The Morgan fingerprint density at radius 2 is 1.80 bits per heavy atom. The summed E-state index contributed by atoms with van der Waals surface area (Å²) in [4.78, 5) is 0. The third-order valence-electron chi connectivity index (χ3n) is 2.17. The highest BCUT2D eigenvalue weighted by Crippen LogP contribution is 2.18. The first kappa shape index (κ1) is 9.92. The molecule has 0 aromatic rings. The van der Waals surface area contributed by atoms with Crippen molar-refractivity contribution in [3.63, 3.8) is 0 Å². The van der Waals surface area contributed by atoms with E-state index in [4.69, 9.17) is 10.8 Å². The van der Waals surface area contributed by atoms with Crippen LogP contribution in [0.2, 0.25) is 0 Å². The lowest BCUT2D eigenvalue weighted by molar-refractivity contribution is 0.145. The molecule has 0 heterocycles. The number of nitrogens with two attached hydrogens (primary N) is 1. The summed E-state index contributed by atoms with van der Waals surface area (Å²) in [7, 11) is 0. The summed E-state index contributed by atoms with van der Waals surface area (Å²) < 4.78 is 0. The number of aliphatic hydroxyl groups is 1. The number of aliphatic hydroxyl groups excluding tert-OH is 1. The van der Waals surface area contributed by atoms with Gasteiger partial charge < -0.3 is 10.8 Å². The van der Waals surface area contributed by atoms with Crippen LogP contribution in [-0.4, -0.2) is 18.3 Å². The molecule has 2 unspecified atom stereocenters. The normalized spacial score (nSPS) is 17.4. The molecule has 10 heavy (non-hydrogen) atoms. The van der Waals surface area contributed by atoms with E-state index in [1.165, 1.54) is 0 Å². The molecule has 0 amide bonds. The number of hydrogen-bond donors (Lipinski definition) is 2. The fourth-order valence-corrected chi connectivity index (χ4v) is 1.22. The molecular formula is C8H19NO. The van der Waals surface area contributed by atoms with Gasteiger partial charge >= 0.3 is 0 Å². The molecule has 0 aromatic carbocycles. The Morgan fingerprint density at radius 3 is 1.90 bits per heavy atom. The fourth-order valence-electron chi connectivity index (χ4n) is 1.22. The van der Waals surface area contributed by atoms with Gasteiger partial charge in [-0.2, -0.15) is 0 Å². The Morgan fingerprint density at radius 1 is 1.30 bits per heavy atom. The van der Waals surface area contributed by atoms with Gasteiger partial charge in [-0.15, -0.1) is 0 Å². The third-order valence-corrected chi connectivity index (χ3v) is 2.17. The van der Waals surface area contributed by atoms with Crippen LogP contribution in [0.15, 0.2) is 0 Å². The molecule has 2 heteroatoms. The van der Waals surface area contributed by atoms with Crippen molar-refractivity contribution in [2.45, 2.75) is 20.8 Å². The Balaban J connectivity index is 3.80. The molecule has 0 fully saturated rings. The average molecular weight is 145 g/mol. The second kappa shape index (κ2) is 4.69. The van der Waals surface area contributed by atoms with Gasteiger partial charge in [0.1, 0.15) is 0 Å². The minimum atomic E-state index is 0.260. The second-order valence-electron chi connectivity index (χ2n) is 3.30. The molecule has 0 spiro atoms. The maximum Gasteiger partial charge on any atom is 0.0464 e. The number of hydrogen-bond acceptors (Lipinski definition) is 2. The van der Waals surface area contributed by atoms with E-state index in [1.54, 1.807) is 0 Å². The topological polar surface area (TPSA) is 46.2 Å². The molecule has 2 atom stereocenters. The van der Waals surface area contributed by atoms with Crippen LogP contribution in [0.4, 0.5) is 0 Å². The number of rotatable bonds is 4. The van der Waals surface area contributed by atoms with Crippen molar-refractivity contribution in [2.24, 2.45) is 23.5 Å². The van der Waals surface area contributed by atoms with Gasteiger partial charge in [0.25, 0.3) is 0 Å². The highest BCUT2D eigenvalue weighted by molar-refractivity contribution is 4.68. The van der Waals surface area contributed by atoms with Gasteiger partial charge in [-0.1, -0.05) is 20.8 Å². The molecule has 0 aliphatic carbocycles. The lowest BCUT2D eigenvalue weighted by Crippen LogP contribution is -2.27. The molecule has 0 saturated carbocycles. The van der Waals surface area contributed by atoms with Crippen LogP contribution in [0.3, 0.4) is 0 Å². The third kappa shape index (κ3) is 2.67. The van der Waals surface area contributed by atoms with E-state index in [9.17, 15) is 0 Å². The molecule has 0 aliphatic heterocycles. The van der Waals surface area contributed by atoms with E-state index < -0.39 is 0 Å². The maximum absolute atomic E-state index is 8.94. The van der Waals surface area contributed by atoms with Crippen molar-refractivity contribution in [1.29, 1.82) is 0 Å². The molecule has 2 nitrogen and oxygen atoms in total. The van der Waals surface area contributed by atoms with Crippen LogP contribution >= 0.6 is 0 Å². The molecule has 3 N–H and O–H groups in total. The largest absolute Gasteiger partial charge is 0.396 e. The van der Waals surface area contributed by atoms with Crippen LogP contribution in [0.1, 0.15) is 20.8 Å². The standard InChI is InChI=1S/C8H19NO/c1-6(2)8(5-10)7(3)4-9/h6-8,10H,4-5,9H2,1-3H3. The maximum atomic E-state index is 8.94. The van der Waals surface area contributed by atoms with Gasteiger partial charge in [0, 0.05) is 6.61 Å². The summed E-state index contributed by atoms with van der Waals surface area (Å²) in [6.07, 6.45) is 0. The Kier molecular flexibility index (Phi) is 4.65. The first-order valence-corrected chi connectivity index (χ1v) is 3.94. The van der Waals surface area contributed by atoms with Gasteiger partial charge in [-0.05, 0) is 24.3 Å². The Hall–Kier alpha value is -0.0800. The van der Waals surface area contributed by atoms with Gasteiger partial charge in [0.05, 0.1) is 0 Å². The summed E-state index contributed by atoms with van der Waals surface area (Å²) in [6.45, 7) is 7.25. The lowest BCUT2D eigenvalue weighted by atomic mass is 9.85. The van der Waals surface area contributed by atoms with Crippen molar-refractivity contribution in [3.05, 3.63) is 0 Å². The van der Waals surface area contributed by atoms with E-state index in [2.05, 4.69) is 20.8 Å². The van der Waals surface area contributed by atoms with E-state index in [1.807, 2.05) is 0 Å². The summed E-state index contributed by atoms with van der Waals surface area (Å²) in [6, 6.07) is 0. The lowest BCUT2D eigenvalue weighted by Gasteiger charge is -2.23. The quantitative estimate of drug-likeness (QED) is 0.616. The van der Waals surface area contributed by atoms with E-state index in [-0.39, 0.29) is 6.61 Å². The molecule has 0 aromatic heterocycles. The van der Waals surface area contributed by atoms with Crippen molar-refractivity contribution >= 4 is 0 Å². The van der Waals surface area contributed by atoms with Gasteiger partial charge in [-0.3, -0.25) is 0 Å². The monoisotopic (exact) mass is 145 g/mol. The smallest absolute Gasteiger partial charge is 0.0464 e. The molecule has 0 rings (SSSR count). The Bertz CT molecular complexity index is 83.3. The summed E-state index contributed by atoms with van der Waals surface area (Å²) in [5.41, 5.74) is 5.48. The van der Waals surface area contributed by atoms with Crippen LogP contribution in [0.25, 0.3) is 0 Å². The predicted octanol–water partition coefficient (Wildman–Crippen LogP) is 0.846. The first-order chi connectivity index (χ1) is 4.63. The van der Waals surface area contributed by atoms with Crippen molar-refractivity contribution in [2.75, 3.05) is 13.2 Å². The van der Waals surface area contributed by atoms with Crippen LogP contribution < -0.4 is 5.73 Å². The molecule has 0 bridgehead atoms.